The molecule has 0 aliphatic carbocycles. The topological polar surface area (TPSA) is 112 Å². The van der Waals surface area contributed by atoms with Crippen LogP contribution in [0.2, 0.25) is 0 Å². The van der Waals surface area contributed by atoms with Gasteiger partial charge >= 0.3 is 5.97 Å². The molecule has 45 heavy (non-hydrogen) atoms. The fourth-order valence-electron chi connectivity index (χ4n) is 5.35. The number of thioether (sulfide) groups is 1. The third kappa shape index (κ3) is 8.73. The van der Waals surface area contributed by atoms with Crippen LogP contribution < -0.4 is 15.5 Å². The predicted octanol–water partition coefficient (Wildman–Crippen LogP) is 6.94. The molecule has 0 spiro atoms. The summed E-state index contributed by atoms with van der Waals surface area (Å²) in [6, 6.07) is 24.8. The van der Waals surface area contributed by atoms with Gasteiger partial charge in [0.15, 0.2) is 0 Å². The standard InChI is InChI=1S/C36H38N4O4S/c1-25-8-3-4-10-29(25)23-38-35(43)28-14-16-37-33(21-28)31-22-30(40-17-5-2-6-18-40)12-13-32(31)39-36(44)27-11-7-9-26(20-27)24-45-19-15-34(41)42/h3-4,7-14,16,20-22H,2,5-6,15,17-19,23-24H2,1H3,(H,38,43)(H,39,44)(H,41,42). The molecule has 4 aromatic rings. The quantitative estimate of drug-likeness (QED) is 0.147. The monoisotopic (exact) mass is 622 g/mol. The van der Waals surface area contributed by atoms with Crippen molar-refractivity contribution in [2.24, 2.45) is 0 Å². The van der Waals surface area contributed by atoms with Gasteiger partial charge in [-0.1, -0.05) is 36.4 Å². The van der Waals surface area contributed by atoms with Crippen LogP contribution in [0.25, 0.3) is 11.3 Å². The van der Waals surface area contributed by atoms with Gasteiger partial charge in [0.1, 0.15) is 0 Å². The van der Waals surface area contributed by atoms with E-state index < -0.39 is 5.97 Å². The Morgan fingerprint density at radius 2 is 1.69 bits per heavy atom. The lowest BCUT2D eigenvalue weighted by Crippen LogP contribution is -2.29. The molecule has 2 heterocycles. The molecule has 3 N–H and O–H groups in total. The zero-order valence-electron chi connectivity index (χ0n) is 25.4. The molecule has 8 nitrogen and oxygen atoms in total. The molecule has 2 amide bonds. The highest BCUT2D eigenvalue weighted by molar-refractivity contribution is 7.98. The number of anilines is 2. The summed E-state index contributed by atoms with van der Waals surface area (Å²) < 4.78 is 0. The summed E-state index contributed by atoms with van der Waals surface area (Å²) in [5.41, 5.74) is 7.11. The van der Waals surface area contributed by atoms with E-state index in [9.17, 15) is 14.4 Å². The van der Waals surface area contributed by atoms with E-state index in [1.807, 2.05) is 67.6 Å². The second kappa shape index (κ2) is 15.4. The van der Waals surface area contributed by atoms with Crippen molar-refractivity contribution < 1.29 is 19.5 Å². The van der Waals surface area contributed by atoms with Crippen LogP contribution in [0, 0.1) is 6.92 Å². The number of nitrogens with zero attached hydrogens (tertiary/aromatic N) is 2. The van der Waals surface area contributed by atoms with Gasteiger partial charge in [-0.2, -0.15) is 11.8 Å². The van der Waals surface area contributed by atoms with Crippen molar-refractivity contribution in [2.75, 3.05) is 29.1 Å². The number of carbonyl (C=O) groups is 3. The van der Waals surface area contributed by atoms with Gasteiger partial charge in [-0.05, 0) is 85.3 Å². The Morgan fingerprint density at radius 1 is 0.889 bits per heavy atom. The first-order chi connectivity index (χ1) is 21.9. The Morgan fingerprint density at radius 3 is 2.49 bits per heavy atom. The molecule has 232 valence electrons. The Labute approximate surface area is 268 Å². The molecule has 0 unspecified atom stereocenters. The van der Waals surface area contributed by atoms with E-state index >= 15 is 0 Å². The van der Waals surface area contributed by atoms with Crippen LogP contribution >= 0.6 is 11.8 Å². The maximum absolute atomic E-state index is 13.5. The number of benzene rings is 3. The molecule has 0 bridgehead atoms. The van der Waals surface area contributed by atoms with Crippen LogP contribution in [-0.2, 0) is 17.1 Å². The van der Waals surface area contributed by atoms with Crippen LogP contribution in [0.4, 0.5) is 11.4 Å². The van der Waals surface area contributed by atoms with Gasteiger partial charge in [-0.15, -0.1) is 0 Å². The second-order valence-electron chi connectivity index (χ2n) is 11.2. The van der Waals surface area contributed by atoms with Gasteiger partial charge in [0.05, 0.1) is 17.8 Å². The zero-order chi connectivity index (χ0) is 31.6. The lowest BCUT2D eigenvalue weighted by atomic mass is 10.0. The summed E-state index contributed by atoms with van der Waals surface area (Å²) in [6.07, 6.45) is 5.21. The summed E-state index contributed by atoms with van der Waals surface area (Å²) in [7, 11) is 0. The van der Waals surface area contributed by atoms with Gasteiger partial charge < -0.3 is 20.6 Å². The maximum atomic E-state index is 13.5. The number of carboxylic acids is 1. The van der Waals surface area contributed by atoms with Crippen LogP contribution in [-0.4, -0.2) is 46.7 Å². The average Bonchev–Trinajstić information content (AvgIpc) is 3.07. The van der Waals surface area contributed by atoms with Gasteiger partial charge in [-0.25, -0.2) is 0 Å². The van der Waals surface area contributed by atoms with E-state index in [2.05, 4.69) is 20.5 Å². The zero-order valence-corrected chi connectivity index (χ0v) is 26.2. The number of hydrogen-bond acceptors (Lipinski definition) is 6. The normalized spacial score (nSPS) is 12.9. The van der Waals surface area contributed by atoms with Crippen molar-refractivity contribution in [3.05, 3.63) is 113 Å². The Kier molecular flexibility index (Phi) is 10.9. The number of hydrogen-bond donors (Lipinski definition) is 3. The molecule has 3 aromatic carbocycles. The van der Waals surface area contributed by atoms with Crippen LogP contribution in [0.15, 0.2) is 85.1 Å². The van der Waals surface area contributed by atoms with E-state index in [1.54, 1.807) is 24.4 Å². The molecule has 1 aliphatic rings. The highest BCUT2D eigenvalue weighted by atomic mass is 32.2. The summed E-state index contributed by atoms with van der Waals surface area (Å²) >= 11 is 1.52. The minimum absolute atomic E-state index is 0.102. The van der Waals surface area contributed by atoms with E-state index in [0.29, 0.717) is 40.6 Å². The highest BCUT2D eigenvalue weighted by Gasteiger charge is 2.18. The van der Waals surface area contributed by atoms with E-state index in [-0.39, 0.29) is 18.2 Å². The number of aliphatic carboxylic acids is 1. The molecule has 1 saturated heterocycles. The SMILES string of the molecule is Cc1ccccc1CNC(=O)c1ccnc(-c2cc(N3CCCCC3)ccc2NC(=O)c2cccc(CSCCC(=O)O)c2)c1. The first kappa shape index (κ1) is 31.8. The molecule has 1 fully saturated rings. The molecule has 5 rings (SSSR count). The summed E-state index contributed by atoms with van der Waals surface area (Å²) in [5.74, 6) is -0.147. The number of aryl methyl sites for hydroxylation is 1. The third-order valence-corrected chi connectivity index (χ3v) is 8.92. The minimum Gasteiger partial charge on any atom is -0.481 e. The van der Waals surface area contributed by atoms with Crippen molar-refractivity contribution in [3.8, 4) is 11.3 Å². The van der Waals surface area contributed by atoms with Crippen molar-refractivity contribution in [1.29, 1.82) is 0 Å². The number of carbonyl (C=O) groups excluding carboxylic acids is 2. The van der Waals surface area contributed by atoms with E-state index in [1.165, 1.54) is 18.2 Å². The number of rotatable bonds is 12. The number of pyridine rings is 1. The molecule has 1 aromatic heterocycles. The molecule has 0 atom stereocenters. The van der Waals surface area contributed by atoms with E-state index in [4.69, 9.17) is 5.11 Å². The first-order valence-electron chi connectivity index (χ1n) is 15.3. The van der Waals surface area contributed by atoms with Crippen molar-refractivity contribution in [2.45, 2.75) is 44.9 Å². The fourth-order valence-corrected chi connectivity index (χ4v) is 6.23. The van der Waals surface area contributed by atoms with Gasteiger partial charge in [-0.3, -0.25) is 19.4 Å². The Hall–Kier alpha value is -4.63. The molecular weight excluding hydrogens is 584 g/mol. The molecule has 9 heteroatoms. The van der Waals surface area contributed by atoms with Gasteiger partial charge in [0.2, 0.25) is 0 Å². The van der Waals surface area contributed by atoms with Gasteiger partial charge in [0.25, 0.3) is 11.8 Å². The number of nitrogens with one attached hydrogen (secondary N) is 2. The molecular formula is C36H38N4O4S. The Bertz CT molecular complexity index is 1670. The van der Waals surface area contributed by atoms with Crippen molar-refractivity contribution >= 4 is 40.9 Å². The van der Waals surface area contributed by atoms with Crippen LogP contribution in [0.1, 0.15) is 63.1 Å². The minimum atomic E-state index is -0.819. The Balaban J connectivity index is 1.38. The maximum Gasteiger partial charge on any atom is 0.304 e. The van der Waals surface area contributed by atoms with Crippen LogP contribution in [0.3, 0.4) is 0 Å². The summed E-state index contributed by atoms with van der Waals surface area (Å²) in [4.78, 5) is 44.5. The van der Waals surface area contributed by atoms with Crippen molar-refractivity contribution in [1.82, 2.24) is 10.3 Å². The lowest BCUT2D eigenvalue weighted by molar-refractivity contribution is -0.136. The average molecular weight is 623 g/mol. The third-order valence-electron chi connectivity index (χ3n) is 7.89. The number of amides is 2. The predicted molar refractivity (Wildman–Crippen MR) is 181 cm³/mol. The number of piperidine rings is 1. The molecule has 0 radical (unpaired) electrons. The van der Waals surface area contributed by atoms with Crippen molar-refractivity contribution in [3.63, 3.8) is 0 Å². The highest BCUT2D eigenvalue weighted by Crippen LogP contribution is 2.33. The summed E-state index contributed by atoms with van der Waals surface area (Å²) in [5, 5.41) is 15.0. The van der Waals surface area contributed by atoms with Gasteiger partial charge in [0, 0.05) is 59.7 Å². The van der Waals surface area contributed by atoms with E-state index in [0.717, 1.165) is 53.9 Å². The number of carboxylic acid groups (broad SMARTS) is 1. The fraction of sp³-hybridized carbons (Fsp3) is 0.278. The second-order valence-corrected chi connectivity index (χ2v) is 12.3. The largest absolute Gasteiger partial charge is 0.481 e. The molecule has 0 saturated carbocycles. The first-order valence-corrected chi connectivity index (χ1v) is 16.4. The summed E-state index contributed by atoms with van der Waals surface area (Å²) in [6.45, 7) is 4.38. The smallest absolute Gasteiger partial charge is 0.304 e. The molecule has 1 aliphatic heterocycles. The van der Waals surface area contributed by atoms with Crippen LogP contribution in [0.5, 0.6) is 0 Å². The lowest BCUT2D eigenvalue weighted by Gasteiger charge is -2.29. The number of aromatic nitrogens is 1.